The van der Waals surface area contributed by atoms with Gasteiger partial charge in [0, 0.05) is 114 Å². The van der Waals surface area contributed by atoms with E-state index in [1.54, 1.807) is 43.5 Å². The molecule has 668 valence electrons. The number of nitrogens with zero attached hydrogens (tertiary/aromatic N) is 5. The first-order valence-electron chi connectivity index (χ1n) is 43.2. The van der Waals surface area contributed by atoms with E-state index in [9.17, 15) is 62.6 Å². The number of aromatic nitrogens is 5. The molecule has 2 aromatic heterocycles. The highest BCUT2D eigenvalue weighted by Crippen LogP contribution is 2.25. The number of tetrazole rings is 1. The topological polar surface area (TPSA) is 522 Å². The second-order valence-corrected chi connectivity index (χ2v) is 31.0. The minimum atomic E-state index is -1.24. The number of guanidine groups is 1. The smallest absolute Gasteiger partial charge is 0.246 e. The number of aromatic amines is 2. The molecule has 0 bridgehead atoms. The fourth-order valence-electron chi connectivity index (χ4n) is 14.1. The van der Waals surface area contributed by atoms with Crippen LogP contribution in [0.5, 0.6) is 0 Å². The van der Waals surface area contributed by atoms with Crippen LogP contribution in [0.1, 0.15) is 224 Å². The molecule has 35 nitrogen and oxygen atoms in total. The van der Waals surface area contributed by atoms with E-state index in [0.717, 1.165) is 60.8 Å². The number of ketones is 3. The number of fused-ring (bicyclic) bond motifs is 2. The summed E-state index contributed by atoms with van der Waals surface area (Å²) < 4.78 is 21.6. The summed E-state index contributed by atoms with van der Waals surface area (Å²) in [6, 6.07) is 9.10. The van der Waals surface area contributed by atoms with Gasteiger partial charge in [0.15, 0.2) is 17.6 Å². The first-order valence-corrected chi connectivity index (χ1v) is 43.2. The molecule has 2 aliphatic heterocycles. The molecule has 0 aliphatic carbocycles. The number of carbonyl (C=O) groups excluding carboxylic acids is 12. The zero-order valence-electron chi connectivity index (χ0n) is 71.0. The summed E-state index contributed by atoms with van der Waals surface area (Å²) in [5.74, 6) is -4.66. The minimum absolute atomic E-state index is 0.0144. The van der Waals surface area contributed by atoms with Gasteiger partial charge in [0.25, 0.3) is 0 Å². The first kappa shape index (κ1) is 101. The molecular weight excluding hydrogens is 1550 g/mol. The number of nitrogens with two attached hydrogens (primary N) is 3. The summed E-state index contributed by atoms with van der Waals surface area (Å²) in [5, 5.41) is 47.2. The predicted octanol–water partition coefficient (Wildman–Crippen LogP) is 4.05. The number of aliphatic imine (C=N–C) groups is 1. The number of hydrogen-bond acceptors (Lipinski definition) is 22. The normalized spacial score (nSPS) is 19.1. The van der Waals surface area contributed by atoms with Gasteiger partial charge < -0.3 is 93.7 Å². The number of nitrogens with one attached hydrogen (secondary N) is 10. The minimum Gasteiger partial charge on any atom is -0.391 e. The summed E-state index contributed by atoms with van der Waals surface area (Å²) in [6.45, 7) is 6.53. The highest BCUT2D eigenvalue weighted by molar-refractivity contribution is 5.98. The standard InChI is InChI=1S/C45H61N9O8.C40H75N9O9/c1-27-19-20-31(56)14-7-4-8-16-34(28(2)55)50-42(60)38(23-30-25-49-35-17-10-9-15-33(30)35)52-40(58)36(18-11-21-48-45(46)47)51-41(59)37(22-29-12-5-3-6-13-29)53-43(61)39-24-32(57)26-54(39)44(27)62;1-3-4-21-34(39(53)42-2)45-40(54)35(30-41)44-38(52)32-58-29-27-56-25-23-43-37(51)31-57-28-26-55-24-18-20-33(50)19-16-14-12-10-8-6-5-7-9-11-13-15-17-22-36-46-48-49-47-36/h3,5-6,9-10,12-13,15,17,25,27,32,34,36-39,49,57H,4,7-8,11,14,16,18-24,26H2,1-2H3,(H,50,60)(H,51,59)(H,52,58)(H,53,61)(H4,46,47,48);34-35H,3-32,41H2,1-2H3,(H,42,53)(H,43,51)(H,44,52)(H,45,54)(H,46,47,48,49)/t27-,32+,34-,36-,37+,38-,39-;34-,35-/m00/s1. The zero-order valence-corrected chi connectivity index (χ0v) is 71.0. The van der Waals surface area contributed by atoms with Crippen molar-refractivity contribution < 1.29 is 81.6 Å². The number of hydrogen-bond donors (Lipinski definition) is 14. The van der Waals surface area contributed by atoms with Crippen LogP contribution >= 0.6 is 0 Å². The van der Waals surface area contributed by atoms with Crippen LogP contribution in [0.2, 0.25) is 0 Å². The van der Waals surface area contributed by atoms with Crippen molar-refractivity contribution in [2.45, 2.75) is 275 Å². The van der Waals surface area contributed by atoms with E-state index < -0.39 is 89.8 Å². The van der Waals surface area contributed by atoms with Gasteiger partial charge in [-0.05, 0) is 81.9 Å². The third-order valence-corrected chi connectivity index (χ3v) is 21.0. The molecule has 2 aliphatic rings. The number of likely N-dealkylation sites (N-methyl/N-ethyl adjacent to an activating group) is 1. The van der Waals surface area contributed by atoms with Crippen molar-refractivity contribution in [1.82, 2.24) is 73.0 Å². The summed E-state index contributed by atoms with van der Waals surface area (Å²) in [5.41, 5.74) is 19.0. The molecule has 120 heavy (non-hydrogen) atoms. The third kappa shape index (κ3) is 41.5. The van der Waals surface area contributed by atoms with Crippen molar-refractivity contribution in [3.63, 3.8) is 0 Å². The number of amides is 9. The van der Waals surface area contributed by atoms with E-state index in [1.807, 2.05) is 31.2 Å². The van der Waals surface area contributed by atoms with Gasteiger partial charge in [-0.3, -0.25) is 62.5 Å². The number of Topliss-reactive ketones (excluding diaryl/α,β-unsaturated/α-hetero) is 3. The van der Waals surface area contributed by atoms with Crippen LogP contribution in [-0.4, -0.2) is 247 Å². The highest BCUT2D eigenvalue weighted by Gasteiger charge is 2.42. The highest BCUT2D eigenvalue weighted by atomic mass is 16.5. The van der Waals surface area contributed by atoms with Crippen molar-refractivity contribution in [3.8, 4) is 0 Å². The molecule has 35 heteroatoms. The summed E-state index contributed by atoms with van der Waals surface area (Å²) >= 11 is 0. The van der Waals surface area contributed by atoms with Crippen LogP contribution in [0.3, 0.4) is 0 Å². The van der Waals surface area contributed by atoms with Gasteiger partial charge in [0.05, 0.1) is 45.2 Å². The van der Waals surface area contributed by atoms with Crippen molar-refractivity contribution in [3.05, 3.63) is 77.7 Å². The van der Waals surface area contributed by atoms with Crippen molar-refractivity contribution in [1.29, 1.82) is 0 Å². The molecule has 2 fully saturated rings. The quantitative estimate of drug-likeness (QED) is 0.0168. The van der Waals surface area contributed by atoms with Gasteiger partial charge in [-0.15, -0.1) is 10.2 Å². The van der Waals surface area contributed by atoms with Gasteiger partial charge in [-0.25, -0.2) is 0 Å². The monoisotopic (exact) mass is 1680 g/mol. The second kappa shape index (κ2) is 59.9. The van der Waals surface area contributed by atoms with Gasteiger partial charge in [-0.1, -0.05) is 164 Å². The lowest BCUT2D eigenvalue weighted by molar-refractivity contribution is -0.142. The average molecular weight is 1680 g/mol. The number of para-hydroxylation sites is 1. The maximum Gasteiger partial charge on any atom is 0.246 e. The Morgan fingerprint density at radius 2 is 1.26 bits per heavy atom. The van der Waals surface area contributed by atoms with Crippen LogP contribution in [0.4, 0.5) is 0 Å². The maximum atomic E-state index is 14.4. The summed E-state index contributed by atoms with van der Waals surface area (Å²) in [4.78, 5) is 166. The van der Waals surface area contributed by atoms with Gasteiger partial charge in [-0.2, -0.15) is 5.21 Å². The third-order valence-electron chi connectivity index (χ3n) is 21.0. The molecule has 0 saturated carbocycles. The molecule has 6 rings (SSSR count). The average Bonchev–Trinajstić information content (AvgIpc) is 1.65. The van der Waals surface area contributed by atoms with E-state index in [1.165, 1.54) is 83.1 Å². The number of H-pyrrole nitrogens is 2. The number of carbonyl (C=O) groups is 12. The van der Waals surface area contributed by atoms with Crippen molar-refractivity contribution in [2.75, 3.05) is 86.1 Å². The van der Waals surface area contributed by atoms with E-state index in [0.29, 0.717) is 75.9 Å². The van der Waals surface area contributed by atoms with E-state index in [4.69, 9.17) is 36.1 Å². The molecule has 9 atom stereocenters. The summed E-state index contributed by atoms with van der Waals surface area (Å²) in [7, 11) is 1.49. The van der Waals surface area contributed by atoms with E-state index in [2.05, 4.69) is 73.1 Å². The largest absolute Gasteiger partial charge is 0.391 e. The van der Waals surface area contributed by atoms with E-state index in [-0.39, 0.29) is 152 Å². The molecule has 2 aromatic carbocycles. The molecule has 17 N–H and O–H groups in total. The van der Waals surface area contributed by atoms with Crippen LogP contribution in [-0.2, 0) is 95.7 Å². The lowest BCUT2D eigenvalue weighted by Gasteiger charge is -2.29. The lowest BCUT2D eigenvalue weighted by Crippen LogP contribution is -2.59. The zero-order chi connectivity index (χ0) is 87.1. The van der Waals surface area contributed by atoms with Crippen LogP contribution in [0, 0.1) is 5.92 Å². The second-order valence-electron chi connectivity index (χ2n) is 31.0. The number of unbranched alkanes of at least 4 members (excludes halogenated alkanes) is 13. The summed E-state index contributed by atoms with van der Waals surface area (Å²) in [6.07, 6.45) is 24.7. The molecule has 0 radical (unpaired) electrons. The maximum absolute atomic E-state index is 14.4. The Balaban J connectivity index is 0.000000429. The van der Waals surface area contributed by atoms with Crippen LogP contribution in [0.15, 0.2) is 65.8 Å². The Kier molecular flexibility index (Phi) is 50.4. The van der Waals surface area contributed by atoms with Gasteiger partial charge in [0.2, 0.25) is 53.2 Å². The Bertz CT molecular complexity index is 3730. The Morgan fingerprint density at radius 1 is 0.642 bits per heavy atom. The fraction of sp³-hybridized carbons (Fsp3) is 0.671. The molecule has 4 aromatic rings. The number of aliphatic hydroxyl groups excluding tert-OH is 1. The number of aryl methyl sites for hydroxylation is 1. The number of aliphatic hydroxyl groups is 1. The van der Waals surface area contributed by atoms with Crippen molar-refractivity contribution >= 4 is 87.4 Å². The van der Waals surface area contributed by atoms with Crippen molar-refractivity contribution in [2.24, 2.45) is 28.1 Å². The predicted molar refractivity (Wildman–Crippen MR) is 453 cm³/mol. The van der Waals surface area contributed by atoms with Gasteiger partial charge in [0.1, 0.15) is 61.0 Å². The number of ether oxygens (including phenoxy) is 4. The first-order chi connectivity index (χ1) is 58.0. The molecule has 0 unspecified atom stereocenters. The van der Waals surface area contributed by atoms with Gasteiger partial charge >= 0.3 is 0 Å². The molecule has 2 saturated heterocycles. The van der Waals surface area contributed by atoms with E-state index >= 15 is 0 Å². The lowest BCUT2D eigenvalue weighted by atomic mass is 9.98. The number of rotatable bonds is 50. The fourth-order valence-corrected chi connectivity index (χ4v) is 14.1. The molecular formula is C85H136N18O17. The van der Waals surface area contributed by atoms with Crippen LogP contribution in [0.25, 0.3) is 10.9 Å². The SMILES string of the molecule is CC(=O)[C@@H]1CCCCCC(=O)CC[C@H](C)C(=O)N2C[C@H](O)C[C@H]2C(=O)N[C@H](Cc2ccccc2)C(=O)N[C@@H](CCCN=C(N)N)C(=O)N[C@@H](Cc2c[nH]c3ccccc23)C(=O)N1.CCCC[C@H](NC(=O)[C@H](CN)NC(=O)COCCOCCNC(=O)COCCOCCCC(=O)CCCCCCCCCCCCCCCc1nn[nH]n1)C(=O)NC. The molecule has 4 heterocycles. The Hall–Kier alpha value is -9.68. The Labute approximate surface area is 705 Å². The van der Waals surface area contributed by atoms with Crippen LogP contribution < -0.4 is 59.7 Å². The molecule has 0 spiro atoms. The Morgan fingerprint density at radius 3 is 1.93 bits per heavy atom. The number of benzene rings is 2. The molecule has 9 amide bonds.